The number of hydrogen-bond acceptors (Lipinski definition) is 3. The second kappa shape index (κ2) is 3.32. The van der Waals surface area contributed by atoms with Crippen molar-refractivity contribution in [1.82, 2.24) is 4.98 Å². The Morgan fingerprint density at radius 2 is 2.08 bits per heavy atom. The van der Waals surface area contributed by atoms with Gasteiger partial charge in [0, 0.05) is 15.2 Å². The predicted octanol–water partition coefficient (Wildman–Crippen LogP) is 2.08. The van der Waals surface area contributed by atoms with Gasteiger partial charge >= 0.3 is 0 Å². The molecule has 0 aromatic carbocycles. The second-order valence-corrected chi connectivity index (χ2v) is 5.52. The quantitative estimate of drug-likeness (QED) is 0.734. The molecule has 3 nitrogen and oxygen atoms in total. The number of pyridine rings is 1. The maximum absolute atomic E-state index is 10.8. The van der Waals surface area contributed by atoms with Crippen LogP contribution in [0.1, 0.15) is 5.69 Å². The zero-order chi connectivity index (χ0) is 9.35. The normalized spacial score (nSPS) is 11.6. The van der Waals surface area contributed by atoms with Crippen LogP contribution >= 0.6 is 26.6 Å². The molecule has 0 amide bonds. The van der Waals surface area contributed by atoms with Crippen molar-refractivity contribution in [2.45, 2.75) is 11.9 Å². The third-order valence-corrected chi connectivity index (χ3v) is 3.28. The minimum Gasteiger partial charge on any atom is -0.239 e. The van der Waals surface area contributed by atoms with E-state index in [0.29, 0.717) is 5.69 Å². The lowest BCUT2D eigenvalue weighted by Crippen LogP contribution is -1.96. The summed E-state index contributed by atoms with van der Waals surface area (Å²) in [4.78, 5) is 3.78. The van der Waals surface area contributed by atoms with Gasteiger partial charge in [-0.05, 0) is 35.0 Å². The molecule has 0 fully saturated rings. The van der Waals surface area contributed by atoms with Gasteiger partial charge in [-0.1, -0.05) is 0 Å². The summed E-state index contributed by atoms with van der Waals surface area (Å²) in [6, 6.07) is 2.94. The molecule has 1 aromatic rings. The number of halogens is 2. The Hall–Kier alpha value is -0.130. The number of nitrogens with zero attached hydrogens (tertiary/aromatic N) is 1. The van der Waals surface area contributed by atoms with Crippen molar-refractivity contribution in [2.24, 2.45) is 0 Å². The third kappa shape index (κ3) is 2.18. The van der Waals surface area contributed by atoms with Gasteiger partial charge in [0.25, 0.3) is 9.05 Å². The maximum atomic E-state index is 10.8. The van der Waals surface area contributed by atoms with Crippen LogP contribution in [0.4, 0.5) is 0 Å². The molecule has 1 heterocycles. The smallest absolute Gasteiger partial charge is 0.239 e. The van der Waals surface area contributed by atoms with Crippen LogP contribution in [0.15, 0.2) is 21.6 Å². The highest BCUT2D eigenvalue weighted by Gasteiger charge is 2.11. The molecule has 0 radical (unpaired) electrons. The number of hydrogen-bond donors (Lipinski definition) is 0. The first-order valence-corrected chi connectivity index (χ1v) is 6.09. The van der Waals surface area contributed by atoms with E-state index in [9.17, 15) is 8.42 Å². The van der Waals surface area contributed by atoms with E-state index >= 15 is 0 Å². The Balaban J connectivity index is 3.33. The van der Waals surface area contributed by atoms with Crippen molar-refractivity contribution in [3.63, 3.8) is 0 Å². The molecule has 0 aliphatic carbocycles. The van der Waals surface area contributed by atoms with E-state index in [1.165, 1.54) is 6.07 Å². The summed E-state index contributed by atoms with van der Waals surface area (Å²) < 4.78 is 22.3. The minimum absolute atomic E-state index is 0.120. The topological polar surface area (TPSA) is 47.0 Å². The second-order valence-electron chi connectivity index (χ2n) is 2.15. The molecule has 0 saturated carbocycles. The lowest BCUT2D eigenvalue weighted by Gasteiger charge is -1.98. The highest BCUT2D eigenvalue weighted by molar-refractivity contribution is 9.10. The fraction of sp³-hybridized carbons (Fsp3) is 0.167. The van der Waals surface area contributed by atoms with Crippen molar-refractivity contribution in [2.75, 3.05) is 0 Å². The molecule has 0 unspecified atom stereocenters. The van der Waals surface area contributed by atoms with Gasteiger partial charge in [0.2, 0.25) is 0 Å². The van der Waals surface area contributed by atoms with Gasteiger partial charge in [0.1, 0.15) is 0 Å². The fourth-order valence-corrected chi connectivity index (χ4v) is 1.61. The summed E-state index contributed by atoms with van der Waals surface area (Å²) in [6.45, 7) is 1.69. The lowest BCUT2D eigenvalue weighted by molar-refractivity contribution is 0.605. The molecule has 0 aliphatic rings. The SMILES string of the molecule is Cc1nc(S(=O)(=O)Cl)ccc1Br. The van der Waals surface area contributed by atoms with Gasteiger partial charge in [-0.2, -0.15) is 0 Å². The van der Waals surface area contributed by atoms with Crippen LogP contribution in [0.3, 0.4) is 0 Å². The molecule has 0 saturated heterocycles. The summed E-state index contributed by atoms with van der Waals surface area (Å²) >= 11 is 3.20. The number of aromatic nitrogens is 1. The van der Waals surface area contributed by atoms with E-state index in [1.54, 1.807) is 13.0 Å². The number of rotatable bonds is 1. The molecule has 6 heteroatoms. The summed E-state index contributed by atoms with van der Waals surface area (Å²) in [5.74, 6) is 0. The molecule has 0 bridgehead atoms. The van der Waals surface area contributed by atoms with Gasteiger partial charge in [0.05, 0.1) is 5.69 Å². The molecule has 66 valence electrons. The molecule has 0 spiro atoms. The van der Waals surface area contributed by atoms with E-state index in [0.717, 1.165) is 4.47 Å². The summed E-state index contributed by atoms with van der Waals surface area (Å²) in [6.07, 6.45) is 0. The van der Waals surface area contributed by atoms with E-state index < -0.39 is 9.05 Å². The zero-order valence-corrected chi connectivity index (χ0v) is 9.24. The van der Waals surface area contributed by atoms with Crippen molar-refractivity contribution >= 4 is 35.7 Å². The minimum atomic E-state index is -3.70. The van der Waals surface area contributed by atoms with Gasteiger partial charge < -0.3 is 0 Å². The van der Waals surface area contributed by atoms with Crippen LogP contribution in [0.25, 0.3) is 0 Å². The number of aryl methyl sites for hydroxylation is 1. The van der Waals surface area contributed by atoms with Crippen molar-refractivity contribution in [3.05, 3.63) is 22.3 Å². The first-order chi connectivity index (χ1) is 5.41. The van der Waals surface area contributed by atoms with Crippen LogP contribution in [-0.2, 0) is 9.05 Å². The van der Waals surface area contributed by atoms with Gasteiger partial charge in [0.15, 0.2) is 5.03 Å². The Bertz CT molecular complexity index is 404. The standard InChI is InChI=1S/C6H5BrClNO2S/c1-4-5(7)2-3-6(9-4)12(8,10)11/h2-3H,1H3. The Morgan fingerprint density at radius 3 is 2.50 bits per heavy atom. The largest absolute Gasteiger partial charge is 0.278 e. The van der Waals surface area contributed by atoms with Crippen LogP contribution < -0.4 is 0 Å². The third-order valence-electron chi connectivity index (χ3n) is 1.25. The first-order valence-electron chi connectivity index (χ1n) is 2.99. The van der Waals surface area contributed by atoms with E-state index in [1.807, 2.05) is 0 Å². The Labute approximate surface area is 83.3 Å². The fourth-order valence-electron chi connectivity index (χ4n) is 0.657. The summed E-state index contributed by atoms with van der Waals surface area (Å²) in [7, 11) is 1.38. The Kier molecular flexibility index (Phi) is 2.75. The summed E-state index contributed by atoms with van der Waals surface area (Å²) in [5, 5.41) is -0.120. The highest BCUT2D eigenvalue weighted by Crippen LogP contribution is 2.18. The van der Waals surface area contributed by atoms with E-state index in [-0.39, 0.29) is 5.03 Å². The molecule has 0 atom stereocenters. The predicted molar refractivity (Wildman–Crippen MR) is 49.7 cm³/mol. The zero-order valence-electron chi connectivity index (χ0n) is 6.08. The Morgan fingerprint density at radius 1 is 1.50 bits per heavy atom. The highest BCUT2D eigenvalue weighted by atomic mass is 79.9. The van der Waals surface area contributed by atoms with E-state index in [2.05, 4.69) is 20.9 Å². The van der Waals surface area contributed by atoms with E-state index in [4.69, 9.17) is 10.7 Å². The monoisotopic (exact) mass is 269 g/mol. The van der Waals surface area contributed by atoms with Crippen molar-refractivity contribution in [3.8, 4) is 0 Å². The van der Waals surface area contributed by atoms with Crippen molar-refractivity contribution < 1.29 is 8.42 Å². The maximum Gasteiger partial charge on any atom is 0.278 e. The van der Waals surface area contributed by atoms with Crippen LogP contribution in [0.5, 0.6) is 0 Å². The molecule has 1 aromatic heterocycles. The van der Waals surface area contributed by atoms with Gasteiger partial charge in [-0.3, -0.25) is 0 Å². The average molecular weight is 271 g/mol. The average Bonchev–Trinajstić information content (AvgIpc) is 1.92. The molecule has 0 N–H and O–H groups in total. The van der Waals surface area contributed by atoms with Crippen LogP contribution in [-0.4, -0.2) is 13.4 Å². The summed E-state index contributed by atoms with van der Waals surface area (Å²) in [5.41, 5.74) is 0.594. The van der Waals surface area contributed by atoms with Crippen LogP contribution in [0.2, 0.25) is 0 Å². The van der Waals surface area contributed by atoms with Crippen molar-refractivity contribution in [1.29, 1.82) is 0 Å². The molecule has 1 rings (SSSR count). The molecular weight excluding hydrogens is 265 g/mol. The molecule has 0 aliphatic heterocycles. The van der Waals surface area contributed by atoms with Gasteiger partial charge in [-0.25, -0.2) is 13.4 Å². The first kappa shape index (κ1) is 9.95. The van der Waals surface area contributed by atoms with Gasteiger partial charge in [-0.15, -0.1) is 0 Å². The molecule has 12 heavy (non-hydrogen) atoms. The lowest BCUT2D eigenvalue weighted by atomic mass is 10.4. The molecular formula is C6H5BrClNO2S. The van der Waals surface area contributed by atoms with Crippen LogP contribution in [0, 0.1) is 6.92 Å².